The molecular formula is C16H34IN5O. The van der Waals surface area contributed by atoms with E-state index in [4.69, 9.17) is 9.73 Å². The van der Waals surface area contributed by atoms with Crippen molar-refractivity contribution < 1.29 is 4.74 Å². The molecule has 1 aliphatic carbocycles. The first kappa shape index (κ1) is 20.9. The van der Waals surface area contributed by atoms with Gasteiger partial charge in [-0.1, -0.05) is 0 Å². The predicted octanol–water partition coefficient (Wildman–Crippen LogP) is 0.974. The molecule has 2 rings (SSSR count). The van der Waals surface area contributed by atoms with Crippen molar-refractivity contribution in [1.82, 2.24) is 20.4 Å². The van der Waals surface area contributed by atoms with Gasteiger partial charge >= 0.3 is 0 Å². The van der Waals surface area contributed by atoms with Crippen LogP contribution in [0.2, 0.25) is 0 Å². The zero-order valence-corrected chi connectivity index (χ0v) is 17.2. The normalized spacial score (nSPS) is 21.0. The van der Waals surface area contributed by atoms with Crippen LogP contribution in [0.15, 0.2) is 4.99 Å². The number of halogens is 1. The largest absolute Gasteiger partial charge is 0.379 e. The molecule has 1 aliphatic heterocycles. The van der Waals surface area contributed by atoms with Gasteiger partial charge in [-0.2, -0.15) is 0 Å². The molecule has 2 fully saturated rings. The average Bonchev–Trinajstić information content (AvgIpc) is 3.37. The minimum atomic E-state index is 0. The Labute approximate surface area is 158 Å². The van der Waals surface area contributed by atoms with Crippen molar-refractivity contribution in [3.63, 3.8) is 0 Å². The van der Waals surface area contributed by atoms with E-state index in [0.717, 1.165) is 64.5 Å². The average molecular weight is 439 g/mol. The van der Waals surface area contributed by atoms with Crippen molar-refractivity contribution in [2.45, 2.75) is 38.8 Å². The van der Waals surface area contributed by atoms with E-state index in [1.165, 1.54) is 12.8 Å². The summed E-state index contributed by atoms with van der Waals surface area (Å²) in [5, 5.41) is 6.78. The summed E-state index contributed by atoms with van der Waals surface area (Å²) in [6, 6.07) is 1.30. The number of hydrogen-bond acceptors (Lipinski definition) is 4. The van der Waals surface area contributed by atoms with Gasteiger partial charge in [0, 0.05) is 44.8 Å². The Hall–Kier alpha value is -0.120. The van der Waals surface area contributed by atoms with Crippen LogP contribution in [0.1, 0.15) is 26.7 Å². The molecule has 0 aromatic heterocycles. The van der Waals surface area contributed by atoms with E-state index in [-0.39, 0.29) is 24.0 Å². The molecule has 1 heterocycles. The molecule has 0 amide bonds. The highest BCUT2D eigenvalue weighted by Crippen LogP contribution is 2.26. The second-order valence-electron chi connectivity index (χ2n) is 6.35. The standard InChI is InChI=1S/C16H33N5O.HI/c1-4-17-16(18-7-8-21-9-11-22-12-10-21)19-13-14(2)20(3)15-5-6-15;/h14-15H,4-13H2,1-3H3,(H2,17,18,19);1H. The summed E-state index contributed by atoms with van der Waals surface area (Å²) < 4.78 is 5.37. The number of ether oxygens (including phenoxy) is 1. The van der Waals surface area contributed by atoms with Crippen molar-refractivity contribution in [2.75, 3.05) is 59.5 Å². The van der Waals surface area contributed by atoms with Gasteiger partial charge in [-0.05, 0) is 33.7 Å². The van der Waals surface area contributed by atoms with Crippen LogP contribution in [0.3, 0.4) is 0 Å². The highest BCUT2D eigenvalue weighted by Gasteiger charge is 2.28. The van der Waals surface area contributed by atoms with Crippen LogP contribution in [0, 0.1) is 0 Å². The number of likely N-dealkylation sites (N-methyl/N-ethyl adjacent to an activating group) is 1. The Kier molecular flexibility index (Phi) is 10.4. The smallest absolute Gasteiger partial charge is 0.191 e. The second kappa shape index (κ2) is 11.4. The number of aliphatic imine (C=N–C) groups is 1. The molecule has 0 radical (unpaired) electrons. The molecule has 2 N–H and O–H groups in total. The summed E-state index contributed by atoms with van der Waals surface area (Å²) in [5.74, 6) is 0.937. The van der Waals surface area contributed by atoms with Gasteiger partial charge in [0.2, 0.25) is 0 Å². The van der Waals surface area contributed by atoms with Crippen LogP contribution in [-0.4, -0.2) is 87.4 Å². The van der Waals surface area contributed by atoms with E-state index < -0.39 is 0 Å². The van der Waals surface area contributed by atoms with E-state index in [9.17, 15) is 0 Å². The lowest BCUT2D eigenvalue weighted by Gasteiger charge is -2.27. The highest BCUT2D eigenvalue weighted by molar-refractivity contribution is 14.0. The first-order chi connectivity index (χ1) is 10.7. The molecule has 1 unspecified atom stereocenters. The van der Waals surface area contributed by atoms with Crippen LogP contribution >= 0.6 is 24.0 Å². The first-order valence-corrected chi connectivity index (χ1v) is 8.75. The summed E-state index contributed by atoms with van der Waals surface area (Å²) in [4.78, 5) is 9.63. The van der Waals surface area contributed by atoms with Crippen LogP contribution in [0.25, 0.3) is 0 Å². The van der Waals surface area contributed by atoms with E-state index in [1.54, 1.807) is 0 Å². The summed E-state index contributed by atoms with van der Waals surface area (Å²) in [7, 11) is 2.22. The highest BCUT2D eigenvalue weighted by atomic mass is 127. The fourth-order valence-corrected chi connectivity index (χ4v) is 2.69. The number of guanidine groups is 1. The summed E-state index contributed by atoms with van der Waals surface area (Å²) in [6.45, 7) is 11.9. The minimum absolute atomic E-state index is 0. The lowest BCUT2D eigenvalue weighted by molar-refractivity contribution is 0.0389. The maximum absolute atomic E-state index is 5.37. The van der Waals surface area contributed by atoms with Gasteiger partial charge in [0.1, 0.15) is 0 Å². The molecule has 7 heteroatoms. The number of rotatable bonds is 8. The van der Waals surface area contributed by atoms with E-state index in [2.05, 4.69) is 41.3 Å². The van der Waals surface area contributed by atoms with Gasteiger partial charge < -0.3 is 15.4 Å². The topological polar surface area (TPSA) is 52.1 Å². The molecule has 2 aliphatic rings. The molecule has 1 saturated carbocycles. The molecule has 6 nitrogen and oxygen atoms in total. The maximum Gasteiger partial charge on any atom is 0.191 e. The Balaban J connectivity index is 0.00000264. The van der Waals surface area contributed by atoms with Crippen LogP contribution in [0.4, 0.5) is 0 Å². The second-order valence-corrected chi connectivity index (χ2v) is 6.35. The molecule has 0 aromatic rings. The number of nitrogens with one attached hydrogen (secondary N) is 2. The van der Waals surface area contributed by atoms with Gasteiger partial charge in [-0.15, -0.1) is 24.0 Å². The van der Waals surface area contributed by atoms with E-state index >= 15 is 0 Å². The van der Waals surface area contributed by atoms with Crippen molar-refractivity contribution in [1.29, 1.82) is 0 Å². The third kappa shape index (κ3) is 8.00. The lowest BCUT2D eigenvalue weighted by atomic mass is 10.3. The van der Waals surface area contributed by atoms with Gasteiger partial charge in [-0.25, -0.2) is 0 Å². The summed E-state index contributed by atoms with van der Waals surface area (Å²) >= 11 is 0. The maximum atomic E-state index is 5.37. The van der Waals surface area contributed by atoms with Crippen LogP contribution < -0.4 is 10.6 Å². The third-order valence-electron chi connectivity index (χ3n) is 4.50. The first-order valence-electron chi connectivity index (χ1n) is 8.75. The van der Waals surface area contributed by atoms with Crippen molar-refractivity contribution in [3.05, 3.63) is 0 Å². The summed E-state index contributed by atoms with van der Waals surface area (Å²) in [6.07, 6.45) is 2.70. The molecule has 136 valence electrons. The van der Waals surface area contributed by atoms with E-state index in [0.29, 0.717) is 6.04 Å². The quantitative estimate of drug-likeness (QED) is 0.336. The van der Waals surface area contributed by atoms with Gasteiger partial charge in [0.15, 0.2) is 5.96 Å². The molecule has 1 atom stereocenters. The zero-order valence-electron chi connectivity index (χ0n) is 14.9. The fraction of sp³-hybridized carbons (Fsp3) is 0.938. The van der Waals surface area contributed by atoms with Gasteiger partial charge in [0.25, 0.3) is 0 Å². The molecule has 23 heavy (non-hydrogen) atoms. The van der Waals surface area contributed by atoms with Crippen LogP contribution in [0.5, 0.6) is 0 Å². The van der Waals surface area contributed by atoms with Crippen molar-refractivity contribution in [2.24, 2.45) is 4.99 Å². The van der Waals surface area contributed by atoms with Crippen LogP contribution in [-0.2, 0) is 4.74 Å². The Bertz CT molecular complexity index is 345. The number of morpholine rings is 1. The molecular weight excluding hydrogens is 405 g/mol. The van der Waals surface area contributed by atoms with Crippen molar-refractivity contribution in [3.8, 4) is 0 Å². The van der Waals surface area contributed by atoms with E-state index in [1.807, 2.05) is 0 Å². The SMILES string of the molecule is CCNC(=NCC(C)N(C)C1CC1)NCCN1CCOCC1.I. The van der Waals surface area contributed by atoms with Gasteiger partial charge in [0.05, 0.1) is 19.8 Å². The number of nitrogens with zero attached hydrogens (tertiary/aromatic N) is 3. The van der Waals surface area contributed by atoms with Crippen molar-refractivity contribution >= 4 is 29.9 Å². The molecule has 1 saturated heterocycles. The monoisotopic (exact) mass is 439 g/mol. The fourth-order valence-electron chi connectivity index (χ4n) is 2.69. The van der Waals surface area contributed by atoms with Gasteiger partial charge in [-0.3, -0.25) is 14.8 Å². The molecule has 0 spiro atoms. The molecule has 0 aromatic carbocycles. The Morgan fingerprint density at radius 3 is 2.61 bits per heavy atom. The summed E-state index contributed by atoms with van der Waals surface area (Å²) in [5.41, 5.74) is 0. The molecule has 0 bridgehead atoms. The lowest BCUT2D eigenvalue weighted by Crippen LogP contribution is -2.45. The zero-order chi connectivity index (χ0) is 15.8. The Morgan fingerprint density at radius 1 is 1.30 bits per heavy atom. The predicted molar refractivity (Wildman–Crippen MR) is 107 cm³/mol. The minimum Gasteiger partial charge on any atom is -0.379 e. The number of hydrogen-bond donors (Lipinski definition) is 2. The third-order valence-corrected chi connectivity index (χ3v) is 4.50. The Morgan fingerprint density at radius 2 is 2.00 bits per heavy atom.